The van der Waals surface area contributed by atoms with E-state index in [0.717, 1.165) is 17.9 Å². The maximum absolute atomic E-state index is 12.7. The Balaban J connectivity index is 2.78. The lowest BCUT2D eigenvalue weighted by molar-refractivity contribution is -0.169. The fourth-order valence-electron chi connectivity index (χ4n) is 2.61. The van der Waals surface area contributed by atoms with Crippen LogP contribution in [-0.2, 0) is 4.79 Å². The average Bonchev–Trinajstić information content (AvgIpc) is 2.38. The van der Waals surface area contributed by atoms with Crippen LogP contribution in [0.15, 0.2) is 0 Å². The van der Waals surface area contributed by atoms with Crippen LogP contribution < -0.4 is 5.32 Å². The third-order valence-electron chi connectivity index (χ3n) is 3.66. The molecule has 1 heterocycles. The van der Waals surface area contributed by atoms with E-state index in [1.54, 1.807) is 0 Å². The predicted molar refractivity (Wildman–Crippen MR) is 67.7 cm³/mol. The number of halogens is 3. The van der Waals surface area contributed by atoms with Crippen LogP contribution in [0.5, 0.6) is 0 Å². The van der Waals surface area contributed by atoms with E-state index in [-0.39, 0.29) is 17.9 Å². The first kappa shape index (κ1) is 16.3. The molecule has 19 heavy (non-hydrogen) atoms. The zero-order valence-electron chi connectivity index (χ0n) is 11.6. The lowest BCUT2D eigenvalue weighted by Gasteiger charge is -2.35. The Morgan fingerprint density at radius 3 is 2.42 bits per heavy atom. The highest BCUT2D eigenvalue weighted by Gasteiger charge is 2.38. The SMILES string of the molecule is CCC(CC)N(CC(F)(F)F)C(=O)[C@H]1CCCNC1. The summed E-state index contributed by atoms with van der Waals surface area (Å²) < 4.78 is 38.0. The van der Waals surface area contributed by atoms with Gasteiger partial charge >= 0.3 is 6.18 Å². The van der Waals surface area contributed by atoms with Gasteiger partial charge in [0, 0.05) is 12.6 Å². The van der Waals surface area contributed by atoms with Gasteiger partial charge in [-0.15, -0.1) is 0 Å². The summed E-state index contributed by atoms with van der Waals surface area (Å²) in [5, 5.41) is 3.08. The zero-order chi connectivity index (χ0) is 14.5. The van der Waals surface area contributed by atoms with E-state index >= 15 is 0 Å². The molecule has 0 radical (unpaired) electrons. The highest BCUT2D eigenvalue weighted by atomic mass is 19.4. The van der Waals surface area contributed by atoms with Crippen molar-refractivity contribution in [1.82, 2.24) is 10.2 Å². The largest absolute Gasteiger partial charge is 0.406 e. The Kier molecular flexibility index (Phi) is 6.10. The number of piperidine rings is 1. The minimum absolute atomic E-state index is 0.309. The minimum atomic E-state index is -4.33. The molecule has 0 saturated carbocycles. The van der Waals surface area contributed by atoms with Gasteiger partial charge in [-0.3, -0.25) is 4.79 Å². The minimum Gasteiger partial charge on any atom is -0.330 e. The molecule has 6 heteroatoms. The van der Waals surface area contributed by atoms with Crippen LogP contribution in [0, 0.1) is 5.92 Å². The number of nitrogens with zero attached hydrogens (tertiary/aromatic N) is 1. The van der Waals surface area contributed by atoms with Gasteiger partial charge in [-0.2, -0.15) is 13.2 Å². The van der Waals surface area contributed by atoms with Gasteiger partial charge in [-0.25, -0.2) is 0 Å². The highest BCUT2D eigenvalue weighted by molar-refractivity contribution is 5.79. The van der Waals surface area contributed by atoms with Crippen molar-refractivity contribution in [2.45, 2.75) is 51.7 Å². The average molecular weight is 280 g/mol. The summed E-state index contributed by atoms with van der Waals surface area (Å²) in [5.41, 5.74) is 0. The molecule has 1 amide bonds. The number of amides is 1. The zero-order valence-corrected chi connectivity index (χ0v) is 11.6. The first-order valence-corrected chi connectivity index (χ1v) is 6.97. The molecule has 0 spiro atoms. The first-order chi connectivity index (χ1) is 8.89. The van der Waals surface area contributed by atoms with E-state index in [4.69, 9.17) is 0 Å². The van der Waals surface area contributed by atoms with Crippen LogP contribution in [-0.4, -0.2) is 42.7 Å². The number of rotatable bonds is 5. The molecular weight excluding hydrogens is 257 g/mol. The van der Waals surface area contributed by atoms with Crippen molar-refractivity contribution < 1.29 is 18.0 Å². The van der Waals surface area contributed by atoms with Crippen molar-refractivity contribution in [1.29, 1.82) is 0 Å². The van der Waals surface area contributed by atoms with Gasteiger partial charge in [0.25, 0.3) is 0 Å². The third kappa shape index (κ3) is 5.01. The summed E-state index contributed by atoms with van der Waals surface area (Å²) in [6.45, 7) is 3.85. The number of nitrogens with one attached hydrogen (secondary N) is 1. The predicted octanol–water partition coefficient (Wildman–Crippen LogP) is 2.57. The molecule has 1 atom stereocenters. The maximum atomic E-state index is 12.7. The number of hydrogen-bond donors (Lipinski definition) is 1. The topological polar surface area (TPSA) is 32.3 Å². The molecule has 0 bridgehead atoms. The Labute approximate surface area is 112 Å². The van der Waals surface area contributed by atoms with Gasteiger partial charge < -0.3 is 10.2 Å². The van der Waals surface area contributed by atoms with Gasteiger partial charge in [-0.05, 0) is 32.2 Å². The fourth-order valence-corrected chi connectivity index (χ4v) is 2.61. The van der Waals surface area contributed by atoms with Crippen LogP contribution in [0.3, 0.4) is 0 Å². The molecule has 1 saturated heterocycles. The van der Waals surface area contributed by atoms with Crippen molar-refractivity contribution in [2.75, 3.05) is 19.6 Å². The monoisotopic (exact) mass is 280 g/mol. The van der Waals surface area contributed by atoms with E-state index in [1.807, 2.05) is 13.8 Å². The molecule has 0 aromatic heterocycles. The number of alkyl halides is 3. The second kappa shape index (κ2) is 7.12. The van der Waals surface area contributed by atoms with E-state index < -0.39 is 12.7 Å². The molecule has 1 N–H and O–H groups in total. The Bertz CT molecular complexity index is 284. The van der Waals surface area contributed by atoms with E-state index in [0.29, 0.717) is 25.8 Å². The molecular formula is C13H23F3N2O. The summed E-state index contributed by atoms with van der Waals surface area (Å²) in [6.07, 6.45) is -1.70. The summed E-state index contributed by atoms with van der Waals surface area (Å²) in [5.74, 6) is -0.657. The molecule has 0 aromatic carbocycles. The molecule has 0 aromatic rings. The number of carbonyl (C=O) groups is 1. The van der Waals surface area contributed by atoms with E-state index in [9.17, 15) is 18.0 Å². The lowest BCUT2D eigenvalue weighted by atomic mass is 9.96. The third-order valence-corrected chi connectivity index (χ3v) is 3.66. The molecule has 1 aliphatic rings. The number of hydrogen-bond acceptors (Lipinski definition) is 2. The van der Waals surface area contributed by atoms with Gasteiger partial charge in [0.1, 0.15) is 6.54 Å². The Morgan fingerprint density at radius 1 is 1.37 bits per heavy atom. The molecule has 3 nitrogen and oxygen atoms in total. The van der Waals surface area contributed by atoms with Crippen LogP contribution in [0.25, 0.3) is 0 Å². The smallest absolute Gasteiger partial charge is 0.330 e. The van der Waals surface area contributed by atoms with Crippen LogP contribution in [0.4, 0.5) is 13.2 Å². The van der Waals surface area contributed by atoms with Gasteiger partial charge in [-0.1, -0.05) is 13.8 Å². The van der Waals surface area contributed by atoms with E-state index in [1.165, 1.54) is 0 Å². The summed E-state index contributed by atoms with van der Waals surface area (Å²) in [6, 6.07) is -0.323. The lowest BCUT2D eigenvalue weighted by Crippen LogP contribution is -2.50. The Hall–Kier alpha value is -0.780. The summed E-state index contributed by atoms with van der Waals surface area (Å²) in [7, 11) is 0. The quantitative estimate of drug-likeness (QED) is 0.839. The van der Waals surface area contributed by atoms with Crippen molar-refractivity contribution in [2.24, 2.45) is 5.92 Å². The second-order valence-electron chi connectivity index (χ2n) is 5.09. The van der Waals surface area contributed by atoms with Crippen molar-refractivity contribution in [3.05, 3.63) is 0 Å². The summed E-state index contributed by atoms with van der Waals surface area (Å²) in [4.78, 5) is 13.4. The van der Waals surface area contributed by atoms with Crippen LogP contribution >= 0.6 is 0 Å². The van der Waals surface area contributed by atoms with Crippen LogP contribution in [0.2, 0.25) is 0 Å². The highest BCUT2D eigenvalue weighted by Crippen LogP contribution is 2.24. The normalized spacial score (nSPS) is 20.6. The molecule has 0 aliphatic carbocycles. The van der Waals surface area contributed by atoms with Gasteiger partial charge in [0.05, 0.1) is 5.92 Å². The van der Waals surface area contributed by atoms with Gasteiger partial charge in [0.15, 0.2) is 0 Å². The number of carbonyl (C=O) groups excluding carboxylic acids is 1. The first-order valence-electron chi connectivity index (χ1n) is 6.97. The fraction of sp³-hybridized carbons (Fsp3) is 0.923. The maximum Gasteiger partial charge on any atom is 0.406 e. The van der Waals surface area contributed by atoms with Gasteiger partial charge in [0.2, 0.25) is 5.91 Å². The molecule has 1 aliphatic heterocycles. The van der Waals surface area contributed by atoms with Crippen molar-refractivity contribution >= 4 is 5.91 Å². The van der Waals surface area contributed by atoms with E-state index in [2.05, 4.69) is 5.32 Å². The van der Waals surface area contributed by atoms with Crippen LogP contribution in [0.1, 0.15) is 39.5 Å². The molecule has 112 valence electrons. The molecule has 1 rings (SSSR count). The standard InChI is InChI=1S/C13H23F3N2O/c1-3-11(4-2)18(9-13(14,15)16)12(19)10-6-5-7-17-8-10/h10-11,17H,3-9H2,1-2H3/t10-/m0/s1. The second-order valence-corrected chi connectivity index (χ2v) is 5.09. The summed E-state index contributed by atoms with van der Waals surface area (Å²) >= 11 is 0. The van der Waals surface area contributed by atoms with Crippen molar-refractivity contribution in [3.8, 4) is 0 Å². The molecule has 0 unspecified atom stereocenters. The van der Waals surface area contributed by atoms with Crippen molar-refractivity contribution in [3.63, 3.8) is 0 Å². The molecule has 1 fully saturated rings. The Morgan fingerprint density at radius 2 is 2.00 bits per heavy atom.